The van der Waals surface area contributed by atoms with Crippen molar-refractivity contribution in [1.82, 2.24) is 5.32 Å². The van der Waals surface area contributed by atoms with E-state index in [4.69, 9.17) is 0 Å². The summed E-state index contributed by atoms with van der Waals surface area (Å²) in [6.45, 7) is 5.60. The Hall–Kier alpha value is 0.110. The summed E-state index contributed by atoms with van der Waals surface area (Å²) in [6.07, 6.45) is 8.89. The molecular weight excluding hydrogens is 242 g/mol. The average molecular weight is 271 g/mol. The van der Waals surface area contributed by atoms with E-state index < -0.39 is 10.8 Å². The van der Waals surface area contributed by atoms with E-state index in [9.17, 15) is 4.21 Å². The lowest BCUT2D eigenvalue weighted by molar-refractivity contribution is 0.388. The molecule has 2 nitrogen and oxygen atoms in total. The van der Waals surface area contributed by atoms with Crippen LogP contribution in [-0.4, -0.2) is 27.8 Å². The summed E-state index contributed by atoms with van der Waals surface area (Å²) < 4.78 is 12.5. The summed E-state index contributed by atoms with van der Waals surface area (Å²) >= 11 is 0. The van der Waals surface area contributed by atoms with Gasteiger partial charge in [0.1, 0.15) is 0 Å². The van der Waals surface area contributed by atoms with Crippen LogP contribution in [-0.2, 0) is 10.8 Å². The zero-order valence-electron chi connectivity index (χ0n) is 12.0. The molecule has 0 bridgehead atoms. The Morgan fingerprint density at radius 2 is 2.06 bits per heavy atom. The number of nitrogens with one attached hydrogen (secondary N) is 1. The summed E-state index contributed by atoms with van der Waals surface area (Å²) in [6, 6.07) is 0.531. The van der Waals surface area contributed by atoms with E-state index in [1.165, 1.54) is 44.9 Å². The highest BCUT2D eigenvalue weighted by Gasteiger charge is 2.34. The maximum Gasteiger partial charge on any atom is 0.0394 e. The minimum atomic E-state index is -0.604. The topological polar surface area (TPSA) is 29.1 Å². The molecule has 18 heavy (non-hydrogen) atoms. The summed E-state index contributed by atoms with van der Waals surface area (Å²) in [4.78, 5) is 0. The Kier molecular flexibility index (Phi) is 5.68. The first-order chi connectivity index (χ1) is 8.70. The smallest absolute Gasteiger partial charge is 0.0394 e. The van der Waals surface area contributed by atoms with E-state index in [0.717, 1.165) is 24.1 Å². The van der Waals surface area contributed by atoms with Crippen molar-refractivity contribution in [3.05, 3.63) is 0 Å². The molecule has 4 unspecified atom stereocenters. The van der Waals surface area contributed by atoms with Gasteiger partial charge in [0, 0.05) is 27.8 Å². The first-order valence-electron chi connectivity index (χ1n) is 7.81. The molecular formula is C15H29NOS. The van der Waals surface area contributed by atoms with Crippen molar-refractivity contribution >= 4 is 10.8 Å². The Bertz CT molecular complexity index is 278. The molecule has 0 spiro atoms. The fourth-order valence-electron chi connectivity index (χ4n) is 3.12. The molecule has 3 heteroatoms. The fraction of sp³-hybridized carbons (Fsp3) is 1.00. The molecule has 4 atom stereocenters. The number of hydrogen-bond acceptors (Lipinski definition) is 2. The summed E-state index contributed by atoms with van der Waals surface area (Å²) in [7, 11) is -0.604. The molecule has 106 valence electrons. The van der Waals surface area contributed by atoms with Crippen LogP contribution in [0.1, 0.15) is 58.8 Å². The molecule has 2 aliphatic carbocycles. The summed E-state index contributed by atoms with van der Waals surface area (Å²) in [5, 5.41) is 4.10. The molecule has 0 heterocycles. The Morgan fingerprint density at radius 1 is 1.28 bits per heavy atom. The third-order valence-electron chi connectivity index (χ3n) is 4.45. The van der Waals surface area contributed by atoms with Crippen molar-refractivity contribution in [3.63, 3.8) is 0 Å². The summed E-state index contributed by atoms with van der Waals surface area (Å²) in [5.41, 5.74) is 0. The third-order valence-corrected chi connectivity index (χ3v) is 6.31. The monoisotopic (exact) mass is 271 g/mol. The van der Waals surface area contributed by atoms with Gasteiger partial charge in [0.05, 0.1) is 0 Å². The lowest BCUT2D eigenvalue weighted by Gasteiger charge is -2.28. The number of rotatable bonds is 7. The van der Waals surface area contributed by atoms with Crippen molar-refractivity contribution in [2.45, 2.75) is 70.1 Å². The van der Waals surface area contributed by atoms with Gasteiger partial charge in [-0.05, 0) is 50.5 Å². The third kappa shape index (κ3) is 4.34. The van der Waals surface area contributed by atoms with Crippen LogP contribution in [0.5, 0.6) is 0 Å². The van der Waals surface area contributed by atoms with Gasteiger partial charge in [-0.3, -0.25) is 4.21 Å². The predicted molar refractivity (Wildman–Crippen MR) is 79.2 cm³/mol. The molecule has 1 N–H and O–H groups in total. The van der Waals surface area contributed by atoms with Gasteiger partial charge >= 0.3 is 0 Å². The van der Waals surface area contributed by atoms with Gasteiger partial charge in [-0.25, -0.2) is 0 Å². The van der Waals surface area contributed by atoms with Gasteiger partial charge in [-0.15, -0.1) is 0 Å². The van der Waals surface area contributed by atoms with E-state index in [2.05, 4.69) is 19.2 Å². The van der Waals surface area contributed by atoms with Crippen molar-refractivity contribution in [1.29, 1.82) is 0 Å². The van der Waals surface area contributed by atoms with Crippen LogP contribution in [0, 0.1) is 11.8 Å². The second-order valence-corrected chi connectivity index (χ2v) is 8.10. The molecule has 0 aromatic heterocycles. The average Bonchev–Trinajstić information content (AvgIpc) is 3.18. The Morgan fingerprint density at radius 3 is 2.67 bits per heavy atom. The van der Waals surface area contributed by atoms with Crippen LogP contribution in [0.2, 0.25) is 0 Å². The summed E-state index contributed by atoms with van der Waals surface area (Å²) in [5.74, 6) is 2.51. The molecule has 0 aromatic carbocycles. The zero-order chi connectivity index (χ0) is 13.0. The second kappa shape index (κ2) is 7.04. The molecule has 0 amide bonds. The van der Waals surface area contributed by atoms with Gasteiger partial charge in [0.25, 0.3) is 0 Å². The van der Waals surface area contributed by atoms with Crippen molar-refractivity contribution < 1.29 is 4.21 Å². The minimum absolute atomic E-state index is 0.485. The van der Waals surface area contributed by atoms with Gasteiger partial charge in [0.2, 0.25) is 0 Å². The van der Waals surface area contributed by atoms with Crippen molar-refractivity contribution in [2.75, 3.05) is 12.3 Å². The van der Waals surface area contributed by atoms with E-state index in [0.29, 0.717) is 11.3 Å². The van der Waals surface area contributed by atoms with Crippen LogP contribution in [0.4, 0.5) is 0 Å². The van der Waals surface area contributed by atoms with E-state index in [1.807, 2.05) is 0 Å². The minimum Gasteiger partial charge on any atom is -0.313 e. The zero-order valence-corrected chi connectivity index (χ0v) is 12.8. The van der Waals surface area contributed by atoms with Gasteiger partial charge in [0.15, 0.2) is 0 Å². The highest BCUT2D eigenvalue weighted by molar-refractivity contribution is 7.85. The van der Waals surface area contributed by atoms with Crippen LogP contribution in [0.15, 0.2) is 0 Å². The molecule has 0 aliphatic heterocycles. The van der Waals surface area contributed by atoms with Crippen molar-refractivity contribution in [3.8, 4) is 0 Å². The normalized spacial score (nSPS) is 32.1. The van der Waals surface area contributed by atoms with E-state index in [1.54, 1.807) is 0 Å². The van der Waals surface area contributed by atoms with Crippen LogP contribution >= 0.6 is 0 Å². The van der Waals surface area contributed by atoms with Gasteiger partial charge in [-0.2, -0.15) is 0 Å². The van der Waals surface area contributed by atoms with Crippen LogP contribution < -0.4 is 5.32 Å². The second-order valence-electron chi connectivity index (χ2n) is 6.34. The predicted octanol–water partition coefficient (Wildman–Crippen LogP) is 3.09. The highest BCUT2D eigenvalue weighted by atomic mass is 32.2. The molecule has 0 radical (unpaired) electrons. The first-order valence-corrected chi connectivity index (χ1v) is 9.19. The highest BCUT2D eigenvalue weighted by Crippen LogP contribution is 2.34. The number of hydrogen-bond donors (Lipinski definition) is 1. The van der Waals surface area contributed by atoms with Crippen LogP contribution in [0.25, 0.3) is 0 Å². The Labute approximate surface area is 115 Å². The Balaban J connectivity index is 1.80. The molecule has 0 saturated heterocycles. The maximum absolute atomic E-state index is 12.5. The SMILES string of the molecule is CCCNC(CS(=O)C1CCCC(C)C1)C1CC1. The largest absolute Gasteiger partial charge is 0.313 e. The quantitative estimate of drug-likeness (QED) is 0.771. The first kappa shape index (κ1) is 14.5. The van der Waals surface area contributed by atoms with E-state index in [-0.39, 0.29) is 0 Å². The molecule has 2 aliphatic rings. The van der Waals surface area contributed by atoms with Gasteiger partial charge < -0.3 is 5.32 Å². The standard InChI is InChI=1S/C15H29NOS/c1-3-9-16-15(13-7-8-13)11-18(17)14-6-4-5-12(2)10-14/h12-16H,3-11H2,1-2H3. The molecule has 2 rings (SSSR count). The van der Waals surface area contributed by atoms with Crippen LogP contribution in [0.3, 0.4) is 0 Å². The lowest BCUT2D eigenvalue weighted by atomic mass is 9.91. The lowest BCUT2D eigenvalue weighted by Crippen LogP contribution is -2.39. The van der Waals surface area contributed by atoms with E-state index >= 15 is 0 Å². The van der Waals surface area contributed by atoms with Gasteiger partial charge in [-0.1, -0.05) is 26.7 Å². The molecule has 2 saturated carbocycles. The molecule has 2 fully saturated rings. The van der Waals surface area contributed by atoms with Crippen molar-refractivity contribution in [2.24, 2.45) is 11.8 Å². The fourth-order valence-corrected chi connectivity index (χ4v) is 5.11. The molecule has 0 aromatic rings. The maximum atomic E-state index is 12.5.